The first-order chi connectivity index (χ1) is 18.0. The van der Waals surface area contributed by atoms with Crippen molar-refractivity contribution in [1.82, 2.24) is 25.2 Å². The zero-order valence-electron chi connectivity index (χ0n) is 20.6. The largest absolute Gasteiger partial charge is 0.360 e. The van der Waals surface area contributed by atoms with Crippen molar-refractivity contribution in [2.45, 2.75) is 62.9 Å². The van der Waals surface area contributed by atoms with Crippen LogP contribution in [0, 0.1) is 5.95 Å². The number of hydrogen-bond acceptors (Lipinski definition) is 6. The second kappa shape index (κ2) is 11.9. The van der Waals surface area contributed by atoms with Gasteiger partial charge in [0.15, 0.2) is 0 Å². The first-order valence-electron chi connectivity index (χ1n) is 13.0. The average Bonchev–Trinajstić information content (AvgIpc) is 3.34. The normalized spacial score (nSPS) is 22.6. The number of carbonyl (C=O) groups excluding carboxylic acids is 1. The second-order valence-electron chi connectivity index (χ2n) is 9.99. The second-order valence-corrected chi connectivity index (χ2v) is 10.8. The van der Waals surface area contributed by atoms with Gasteiger partial charge in [0.05, 0.1) is 22.1 Å². The van der Waals surface area contributed by atoms with Gasteiger partial charge in [0, 0.05) is 42.2 Å². The van der Waals surface area contributed by atoms with Gasteiger partial charge in [-0.3, -0.25) is 4.79 Å². The van der Waals surface area contributed by atoms with Crippen molar-refractivity contribution in [3.05, 3.63) is 58.3 Å². The molecule has 3 atom stereocenters. The summed E-state index contributed by atoms with van der Waals surface area (Å²) in [6, 6.07) is 9.19. The summed E-state index contributed by atoms with van der Waals surface area (Å²) in [6.07, 6.45) is 8.85. The minimum atomic E-state index is -0.402. The zero-order valence-corrected chi connectivity index (χ0v) is 22.1. The van der Waals surface area contributed by atoms with E-state index >= 15 is 0 Å². The molecule has 0 bridgehead atoms. The van der Waals surface area contributed by atoms with Crippen LogP contribution < -0.4 is 10.6 Å². The monoisotopic (exact) mass is 544 g/mol. The minimum Gasteiger partial charge on any atom is -0.360 e. The van der Waals surface area contributed by atoms with Gasteiger partial charge in [0.2, 0.25) is 11.9 Å². The molecule has 7 nitrogen and oxygen atoms in total. The Hall–Kier alpha value is -2.55. The standard InChI is InChI=1S/C27H31Cl2FN6O/c28-21-12-20-24(13-22(21)29)32-16-33-27(20)31-14-26(37)36-11-10-19(15-36)34-18-5-2-1-4-17(8-9-18)23-6-3-7-25(30)35-23/h3,6-7,12-13,16-19,34H,1-2,4-5,8-11,14-15H2,(H,31,32,33)/t17?,18?,19-/m1/s1. The van der Waals surface area contributed by atoms with E-state index in [0.717, 1.165) is 62.6 Å². The fourth-order valence-corrected chi connectivity index (χ4v) is 5.83. The highest BCUT2D eigenvalue weighted by Crippen LogP contribution is 2.31. The Labute approximate surface area is 226 Å². The number of amides is 1. The predicted octanol–water partition coefficient (Wildman–Crippen LogP) is 5.58. The molecule has 2 fully saturated rings. The van der Waals surface area contributed by atoms with Crippen LogP contribution in [0.25, 0.3) is 10.9 Å². The molecule has 1 aromatic carbocycles. The van der Waals surface area contributed by atoms with Crippen LogP contribution in [0.3, 0.4) is 0 Å². The number of nitrogens with zero attached hydrogens (tertiary/aromatic N) is 4. The molecule has 37 heavy (non-hydrogen) atoms. The number of halogens is 3. The molecule has 1 saturated carbocycles. The number of anilines is 1. The van der Waals surface area contributed by atoms with E-state index in [9.17, 15) is 9.18 Å². The predicted molar refractivity (Wildman–Crippen MR) is 145 cm³/mol. The average molecular weight is 545 g/mol. The van der Waals surface area contributed by atoms with Gasteiger partial charge in [-0.05, 0) is 56.4 Å². The lowest BCUT2D eigenvalue weighted by Crippen LogP contribution is -2.42. The van der Waals surface area contributed by atoms with E-state index in [2.05, 4.69) is 25.6 Å². The molecular weight excluding hydrogens is 514 g/mol. The first kappa shape index (κ1) is 26.1. The maximum Gasteiger partial charge on any atom is 0.241 e. The van der Waals surface area contributed by atoms with Crippen LogP contribution in [0.1, 0.15) is 56.6 Å². The Morgan fingerprint density at radius 3 is 2.73 bits per heavy atom. The minimum absolute atomic E-state index is 0.0334. The van der Waals surface area contributed by atoms with Crippen LogP contribution in [0.4, 0.5) is 10.2 Å². The molecule has 5 rings (SSSR count). The summed E-state index contributed by atoms with van der Waals surface area (Å²) in [5.74, 6) is 0.492. The number of fused-ring (bicyclic) bond motifs is 1. The van der Waals surface area contributed by atoms with Crippen LogP contribution in [-0.2, 0) is 4.79 Å². The molecule has 3 aromatic rings. The number of aromatic nitrogens is 3. The highest BCUT2D eigenvalue weighted by molar-refractivity contribution is 6.42. The SMILES string of the molecule is O=C(CNc1ncnc2cc(Cl)c(Cl)cc12)N1CC[C@@H](NC2CCCCC(c3cccc(F)n3)CC2)C1. The number of pyridine rings is 1. The molecule has 2 N–H and O–H groups in total. The van der Waals surface area contributed by atoms with Gasteiger partial charge in [-0.2, -0.15) is 4.39 Å². The van der Waals surface area contributed by atoms with Crippen LogP contribution in [-0.4, -0.2) is 57.5 Å². The van der Waals surface area contributed by atoms with E-state index in [1.807, 2.05) is 11.0 Å². The van der Waals surface area contributed by atoms with Crippen LogP contribution in [0.15, 0.2) is 36.7 Å². The Kier molecular flexibility index (Phi) is 8.37. The van der Waals surface area contributed by atoms with Crippen molar-refractivity contribution >= 4 is 45.8 Å². The Balaban J connectivity index is 1.12. The Morgan fingerprint density at radius 1 is 1.03 bits per heavy atom. The van der Waals surface area contributed by atoms with Crippen molar-refractivity contribution in [2.24, 2.45) is 0 Å². The maximum atomic E-state index is 13.6. The third-order valence-electron chi connectivity index (χ3n) is 7.47. The molecule has 2 unspecified atom stereocenters. The van der Waals surface area contributed by atoms with E-state index in [0.29, 0.717) is 39.9 Å². The molecule has 10 heteroatoms. The lowest BCUT2D eigenvalue weighted by Gasteiger charge is -2.28. The van der Waals surface area contributed by atoms with Gasteiger partial charge >= 0.3 is 0 Å². The van der Waals surface area contributed by atoms with Crippen molar-refractivity contribution < 1.29 is 9.18 Å². The Morgan fingerprint density at radius 2 is 1.86 bits per heavy atom. The molecule has 1 amide bonds. The topological polar surface area (TPSA) is 83.0 Å². The number of hydrogen-bond donors (Lipinski definition) is 2. The summed E-state index contributed by atoms with van der Waals surface area (Å²) in [6.45, 7) is 1.56. The maximum absolute atomic E-state index is 13.6. The number of nitrogens with one attached hydrogen (secondary N) is 2. The summed E-state index contributed by atoms with van der Waals surface area (Å²) < 4.78 is 13.6. The molecular formula is C27H31Cl2FN6O. The van der Waals surface area contributed by atoms with E-state index in [-0.39, 0.29) is 18.5 Å². The van der Waals surface area contributed by atoms with Crippen molar-refractivity contribution in [3.8, 4) is 0 Å². The molecule has 0 spiro atoms. The number of likely N-dealkylation sites (tertiary alicyclic amines) is 1. The molecule has 1 aliphatic carbocycles. The highest BCUT2D eigenvalue weighted by Gasteiger charge is 2.29. The molecule has 3 heterocycles. The fraction of sp³-hybridized carbons (Fsp3) is 0.481. The highest BCUT2D eigenvalue weighted by atomic mass is 35.5. The zero-order chi connectivity index (χ0) is 25.8. The number of benzene rings is 1. The molecule has 0 radical (unpaired) electrons. The first-order valence-corrected chi connectivity index (χ1v) is 13.7. The summed E-state index contributed by atoms with van der Waals surface area (Å²) in [5.41, 5.74) is 1.53. The van der Waals surface area contributed by atoms with Crippen LogP contribution in [0.5, 0.6) is 0 Å². The van der Waals surface area contributed by atoms with Gasteiger partial charge in [0.25, 0.3) is 0 Å². The van der Waals surface area contributed by atoms with Gasteiger partial charge in [-0.1, -0.05) is 42.1 Å². The molecule has 196 valence electrons. The van der Waals surface area contributed by atoms with E-state index in [1.54, 1.807) is 18.2 Å². The summed E-state index contributed by atoms with van der Waals surface area (Å²) in [5, 5.41) is 8.52. The summed E-state index contributed by atoms with van der Waals surface area (Å²) in [7, 11) is 0. The van der Waals surface area contributed by atoms with Gasteiger partial charge in [-0.25, -0.2) is 15.0 Å². The molecule has 2 aliphatic rings. The van der Waals surface area contributed by atoms with Crippen LogP contribution >= 0.6 is 23.2 Å². The summed E-state index contributed by atoms with van der Waals surface area (Å²) >= 11 is 12.3. The van der Waals surface area contributed by atoms with E-state index in [1.165, 1.54) is 12.4 Å². The smallest absolute Gasteiger partial charge is 0.241 e. The van der Waals surface area contributed by atoms with Gasteiger partial charge < -0.3 is 15.5 Å². The van der Waals surface area contributed by atoms with Crippen molar-refractivity contribution in [1.29, 1.82) is 0 Å². The molecule has 1 saturated heterocycles. The van der Waals surface area contributed by atoms with E-state index in [4.69, 9.17) is 23.2 Å². The lowest BCUT2D eigenvalue weighted by molar-refractivity contribution is -0.128. The number of carbonyl (C=O) groups is 1. The third-order valence-corrected chi connectivity index (χ3v) is 8.19. The third kappa shape index (κ3) is 6.48. The molecule has 2 aromatic heterocycles. The lowest BCUT2D eigenvalue weighted by atomic mass is 9.86. The fourth-order valence-electron chi connectivity index (χ4n) is 5.51. The Bertz CT molecular complexity index is 1260. The van der Waals surface area contributed by atoms with E-state index < -0.39 is 5.95 Å². The van der Waals surface area contributed by atoms with Crippen molar-refractivity contribution in [3.63, 3.8) is 0 Å². The molecule has 1 aliphatic heterocycles. The number of rotatable bonds is 6. The quantitative estimate of drug-likeness (QED) is 0.394. The van der Waals surface area contributed by atoms with Crippen molar-refractivity contribution in [2.75, 3.05) is 25.0 Å². The summed E-state index contributed by atoms with van der Waals surface area (Å²) in [4.78, 5) is 27.5. The van der Waals surface area contributed by atoms with Gasteiger partial charge in [-0.15, -0.1) is 0 Å². The van der Waals surface area contributed by atoms with Gasteiger partial charge in [0.1, 0.15) is 12.1 Å². The van der Waals surface area contributed by atoms with Crippen LogP contribution in [0.2, 0.25) is 10.0 Å².